The number of carbonyl (C=O) groups is 1. The Kier molecular flexibility index (Phi) is 8.97. The average molecular weight is 404 g/mol. The second-order valence-electron chi connectivity index (χ2n) is 6.88. The van der Waals surface area contributed by atoms with Crippen molar-refractivity contribution in [2.45, 2.75) is 31.8 Å². The lowest BCUT2D eigenvalue weighted by atomic mass is 9.86. The molecule has 1 aliphatic heterocycles. The third-order valence-electron chi connectivity index (χ3n) is 5.06. The summed E-state index contributed by atoms with van der Waals surface area (Å²) in [6.07, 6.45) is 3.39. The van der Waals surface area contributed by atoms with E-state index in [9.17, 15) is 4.79 Å². The number of likely N-dealkylation sites (tertiary alicyclic amines) is 1. The summed E-state index contributed by atoms with van der Waals surface area (Å²) in [5.74, 6) is -0.344. The summed E-state index contributed by atoms with van der Waals surface area (Å²) in [5, 5.41) is 0. The number of rotatable bonds is 9. The van der Waals surface area contributed by atoms with Gasteiger partial charge in [0.25, 0.3) is 0 Å². The van der Waals surface area contributed by atoms with Gasteiger partial charge in [-0.1, -0.05) is 60.7 Å². The standard InChI is InChI=1S/C23H29NO3.ClH/c1-2-27-23(20-12-5-3-6-13-20,21-14-7-4-8-15-21)22(25)26-19-11-18-24-16-9-10-17-24;/h3-8,12-15H,2,9-11,16-19H2,1H3;1H. The lowest BCUT2D eigenvalue weighted by molar-refractivity contribution is -0.168. The zero-order valence-corrected chi connectivity index (χ0v) is 17.3. The fraction of sp³-hybridized carbons (Fsp3) is 0.435. The Morgan fingerprint density at radius 1 is 0.964 bits per heavy atom. The van der Waals surface area contributed by atoms with Crippen LogP contribution in [-0.4, -0.2) is 43.7 Å². The van der Waals surface area contributed by atoms with E-state index in [4.69, 9.17) is 9.47 Å². The Labute approximate surface area is 174 Å². The number of hydrogen-bond donors (Lipinski definition) is 0. The first kappa shape index (κ1) is 22.4. The van der Waals surface area contributed by atoms with Crippen molar-refractivity contribution in [2.75, 3.05) is 32.8 Å². The molecule has 2 aromatic rings. The Morgan fingerprint density at radius 2 is 1.50 bits per heavy atom. The Balaban J connectivity index is 0.00000280. The molecule has 0 unspecified atom stereocenters. The summed E-state index contributed by atoms with van der Waals surface area (Å²) in [7, 11) is 0. The van der Waals surface area contributed by atoms with Gasteiger partial charge in [-0.15, -0.1) is 12.4 Å². The minimum absolute atomic E-state index is 0. The van der Waals surface area contributed by atoms with Crippen LogP contribution in [0.2, 0.25) is 0 Å². The average Bonchev–Trinajstić information content (AvgIpc) is 3.24. The predicted molar refractivity (Wildman–Crippen MR) is 114 cm³/mol. The molecule has 1 saturated heterocycles. The second-order valence-corrected chi connectivity index (χ2v) is 6.88. The van der Waals surface area contributed by atoms with Gasteiger partial charge in [0.15, 0.2) is 0 Å². The van der Waals surface area contributed by atoms with Crippen LogP contribution in [0, 0.1) is 0 Å². The molecule has 152 valence electrons. The molecule has 0 bridgehead atoms. The van der Waals surface area contributed by atoms with Crippen molar-refractivity contribution in [3.05, 3.63) is 71.8 Å². The van der Waals surface area contributed by atoms with Gasteiger partial charge in [-0.3, -0.25) is 0 Å². The summed E-state index contributed by atoms with van der Waals surface area (Å²) in [6, 6.07) is 19.3. The van der Waals surface area contributed by atoms with E-state index in [0.29, 0.717) is 13.2 Å². The molecule has 5 heteroatoms. The van der Waals surface area contributed by atoms with Crippen molar-refractivity contribution >= 4 is 18.4 Å². The van der Waals surface area contributed by atoms with Crippen LogP contribution in [0.3, 0.4) is 0 Å². The highest BCUT2D eigenvalue weighted by Crippen LogP contribution is 2.35. The highest BCUT2D eigenvalue weighted by Gasteiger charge is 2.44. The monoisotopic (exact) mass is 403 g/mol. The van der Waals surface area contributed by atoms with Gasteiger partial charge in [0.1, 0.15) is 0 Å². The van der Waals surface area contributed by atoms with Crippen molar-refractivity contribution in [1.29, 1.82) is 0 Å². The van der Waals surface area contributed by atoms with E-state index in [0.717, 1.165) is 37.2 Å². The highest BCUT2D eigenvalue weighted by atomic mass is 35.5. The van der Waals surface area contributed by atoms with Crippen molar-refractivity contribution in [1.82, 2.24) is 4.90 Å². The number of benzene rings is 2. The van der Waals surface area contributed by atoms with Crippen molar-refractivity contribution in [3.8, 4) is 0 Å². The molecule has 4 nitrogen and oxygen atoms in total. The zero-order chi connectivity index (χ0) is 19.0. The molecule has 1 heterocycles. The number of hydrogen-bond acceptors (Lipinski definition) is 4. The molecular formula is C23H30ClNO3. The van der Waals surface area contributed by atoms with Gasteiger partial charge in [0, 0.05) is 13.2 Å². The maximum atomic E-state index is 13.3. The first-order valence-electron chi connectivity index (χ1n) is 9.92. The molecule has 3 rings (SSSR count). The SMILES string of the molecule is CCOC(C(=O)OCCCN1CCCC1)(c1ccccc1)c1ccccc1.Cl. The molecule has 0 N–H and O–H groups in total. The van der Waals surface area contributed by atoms with Crippen LogP contribution in [0.1, 0.15) is 37.3 Å². The molecule has 0 aliphatic carbocycles. The molecular weight excluding hydrogens is 374 g/mol. The maximum absolute atomic E-state index is 13.3. The van der Waals surface area contributed by atoms with Crippen molar-refractivity contribution in [3.63, 3.8) is 0 Å². The summed E-state index contributed by atoms with van der Waals surface area (Å²) in [5.41, 5.74) is 0.357. The van der Waals surface area contributed by atoms with Gasteiger partial charge in [-0.2, -0.15) is 0 Å². The van der Waals surface area contributed by atoms with Crippen LogP contribution in [0.4, 0.5) is 0 Å². The van der Waals surface area contributed by atoms with E-state index in [1.54, 1.807) is 0 Å². The number of ether oxygens (including phenoxy) is 2. The maximum Gasteiger partial charge on any atom is 0.347 e. The summed E-state index contributed by atoms with van der Waals surface area (Å²) in [4.78, 5) is 15.7. The minimum atomic E-state index is -1.23. The third-order valence-corrected chi connectivity index (χ3v) is 5.06. The van der Waals surface area contributed by atoms with Crippen molar-refractivity contribution < 1.29 is 14.3 Å². The summed E-state index contributed by atoms with van der Waals surface area (Å²) < 4.78 is 11.8. The summed E-state index contributed by atoms with van der Waals surface area (Å²) >= 11 is 0. The molecule has 1 aliphatic rings. The number of esters is 1. The lowest BCUT2D eigenvalue weighted by Gasteiger charge is -2.32. The van der Waals surface area contributed by atoms with Crippen LogP contribution in [0.15, 0.2) is 60.7 Å². The topological polar surface area (TPSA) is 38.8 Å². The first-order valence-corrected chi connectivity index (χ1v) is 9.92. The van der Waals surface area contributed by atoms with Crippen LogP contribution in [0.25, 0.3) is 0 Å². The predicted octanol–water partition coefficient (Wildman–Crippen LogP) is 4.42. The second kappa shape index (κ2) is 11.2. The molecule has 2 aromatic carbocycles. The molecule has 0 radical (unpaired) electrons. The third kappa shape index (κ3) is 5.13. The van der Waals surface area contributed by atoms with Crippen molar-refractivity contribution in [2.24, 2.45) is 0 Å². The smallest absolute Gasteiger partial charge is 0.347 e. The van der Waals surface area contributed by atoms with E-state index in [-0.39, 0.29) is 18.4 Å². The summed E-state index contributed by atoms with van der Waals surface area (Å²) in [6.45, 7) is 6.01. The van der Waals surface area contributed by atoms with E-state index in [1.807, 2.05) is 67.6 Å². The van der Waals surface area contributed by atoms with E-state index < -0.39 is 5.60 Å². The Hall–Kier alpha value is -1.88. The van der Waals surface area contributed by atoms with E-state index in [1.165, 1.54) is 12.8 Å². The number of carbonyl (C=O) groups excluding carboxylic acids is 1. The largest absolute Gasteiger partial charge is 0.463 e. The molecule has 0 aromatic heterocycles. The van der Waals surface area contributed by atoms with Crippen LogP contribution in [0.5, 0.6) is 0 Å². The van der Waals surface area contributed by atoms with E-state index >= 15 is 0 Å². The molecule has 1 fully saturated rings. The van der Waals surface area contributed by atoms with Gasteiger partial charge in [0.2, 0.25) is 5.60 Å². The fourth-order valence-electron chi connectivity index (χ4n) is 3.75. The Morgan fingerprint density at radius 3 is 2.00 bits per heavy atom. The normalized spacial score (nSPS) is 14.5. The molecule has 0 spiro atoms. The van der Waals surface area contributed by atoms with Gasteiger partial charge < -0.3 is 14.4 Å². The molecule has 0 saturated carbocycles. The van der Waals surface area contributed by atoms with Gasteiger partial charge in [-0.25, -0.2) is 4.79 Å². The van der Waals surface area contributed by atoms with Gasteiger partial charge >= 0.3 is 5.97 Å². The van der Waals surface area contributed by atoms with Gasteiger partial charge in [-0.05, 0) is 50.4 Å². The number of nitrogens with zero attached hydrogens (tertiary/aromatic N) is 1. The van der Waals surface area contributed by atoms with Crippen LogP contribution in [-0.2, 0) is 19.9 Å². The molecule has 28 heavy (non-hydrogen) atoms. The fourth-order valence-corrected chi connectivity index (χ4v) is 3.75. The highest BCUT2D eigenvalue weighted by molar-refractivity contribution is 5.86. The van der Waals surface area contributed by atoms with E-state index in [2.05, 4.69) is 4.90 Å². The zero-order valence-electron chi connectivity index (χ0n) is 16.5. The first-order chi connectivity index (χ1) is 13.3. The Bertz CT molecular complexity index is 663. The van der Waals surface area contributed by atoms with Crippen LogP contribution < -0.4 is 0 Å². The quantitative estimate of drug-likeness (QED) is 0.459. The molecule has 0 atom stereocenters. The molecule has 0 amide bonds. The van der Waals surface area contributed by atoms with Crippen LogP contribution >= 0.6 is 12.4 Å². The number of halogens is 1. The van der Waals surface area contributed by atoms with Gasteiger partial charge in [0.05, 0.1) is 6.61 Å². The minimum Gasteiger partial charge on any atom is -0.463 e. The lowest BCUT2D eigenvalue weighted by Crippen LogP contribution is -2.42.